The number of carbonyl (C=O) groups is 1. The first-order valence-electron chi connectivity index (χ1n) is 5.46. The highest BCUT2D eigenvalue weighted by atomic mass is 32.2. The standard InChI is InChI=1S/C11H18N4O3S/c1-14(2)11(16)7-15(3)10-6-8(19(13,17)18)4-5-9(10)12/h4-6H,7,12H2,1-3H3,(H2,13,17,18). The number of rotatable bonds is 4. The summed E-state index contributed by atoms with van der Waals surface area (Å²) in [5.41, 5.74) is 6.61. The average Bonchev–Trinajstić information content (AvgIpc) is 2.27. The third-order valence-corrected chi connectivity index (χ3v) is 3.52. The summed E-state index contributed by atoms with van der Waals surface area (Å²) in [5, 5.41) is 5.06. The molecule has 7 nitrogen and oxygen atoms in total. The van der Waals surface area contributed by atoms with E-state index in [1.54, 1.807) is 26.0 Å². The van der Waals surface area contributed by atoms with Gasteiger partial charge in [0, 0.05) is 21.1 Å². The minimum absolute atomic E-state index is 0.0409. The van der Waals surface area contributed by atoms with Crippen molar-refractivity contribution in [2.75, 3.05) is 38.3 Å². The van der Waals surface area contributed by atoms with Crippen molar-refractivity contribution in [3.63, 3.8) is 0 Å². The maximum Gasteiger partial charge on any atom is 0.241 e. The highest BCUT2D eigenvalue weighted by Gasteiger charge is 2.15. The molecule has 0 bridgehead atoms. The number of amides is 1. The first kappa shape index (κ1) is 15.3. The second-order valence-electron chi connectivity index (χ2n) is 4.41. The van der Waals surface area contributed by atoms with E-state index in [9.17, 15) is 13.2 Å². The lowest BCUT2D eigenvalue weighted by atomic mass is 10.2. The van der Waals surface area contributed by atoms with Gasteiger partial charge in [0.1, 0.15) is 0 Å². The van der Waals surface area contributed by atoms with E-state index in [0.29, 0.717) is 11.4 Å². The van der Waals surface area contributed by atoms with Crippen molar-refractivity contribution in [3.05, 3.63) is 18.2 Å². The zero-order valence-electron chi connectivity index (χ0n) is 11.1. The summed E-state index contributed by atoms with van der Waals surface area (Å²) < 4.78 is 22.6. The maximum atomic E-state index is 11.6. The Labute approximate surface area is 112 Å². The zero-order valence-corrected chi connectivity index (χ0v) is 11.9. The van der Waals surface area contributed by atoms with Gasteiger partial charge in [-0.05, 0) is 18.2 Å². The van der Waals surface area contributed by atoms with Crippen LogP contribution >= 0.6 is 0 Å². The van der Waals surface area contributed by atoms with Crippen LogP contribution in [0.15, 0.2) is 23.1 Å². The van der Waals surface area contributed by atoms with E-state index in [-0.39, 0.29) is 17.3 Å². The topological polar surface area (TPSA) is 110 Å². The SMILES string of the molecule is CN(C)C(=O)CN(C)c1cc(S(N)(=O)=O)ccc1N. The first-order chi connectivity index (χ1) is 8.62. The summed E-state index contributed by atoms with van der Waals surface area (Å²) in [6.07, 6.45) is 0. The second-order valence-corrected chi connectivity index (χ2v) is 5.97. The molecule has 4 N–H and O–H groups in total. The Morgan fingerprint density at radius 3 is 2.32 bits per heavy atom. The minimum atomic E-state index is -3.80. The zero-order chi connectivity index (χ0) is 14.8. The van der Waals surface area contributed by atoms with E-state index >= 15 is 0 Å². The molecule has 0 aromatic heterocycles. The molecule has 0 aliphatic carbocycles. The number of nitrogens with two attached hydrogens (primary N) is 2. The van der Waals surface area contributed by atoms with Gasteiger partial charge in [-0.25, -0.2) is 13.6 Å². The lowest BCUT2D eigenvalue weighted by Crippen LogP contribution is -2.34. The summed E-state index contributed by atoms with van der Waals surface area (Å²) in [4.78, 5) is 14.6. The molecule has 0 atom stereocenters. The third-order valence-electron chi connectivity index (χ3n) is 2.61. The van der Waals surface area contributed by atoms with Crippen LogP contribution in [-0.2, 0) is 14.8 Å². The lowest BCUT2D eigenvalue weighted by Gasteiger charge is -2.22. The van der Waals surface area contributed by atoms with Gasteiger partial charge in [-0.2, -0.15) is 0 Å². The predicted octanol–water partition coefficient (Wildman–Crippen LogP) is -0.559. The van der Waals surface area contributed by atoms with Crippen molar-refractivity contribution in [3.8, 4) is 0 Å². The number of nitrogens with zero attached hydrogens (tertiary/aromatic N) is 2. The van der Waals surface area contributed by atoms with Crippen molar-refractivity contribution < 1.29 is 13.2 Å². The molecular weight excluding hydrogens is 268 g/mol. The Kier molecular flexibility index (Phi) is 4.38. The molecule has 0 radical (unpaired) electrons. The normalized spacial score (nSPS) is 11.2. The van der Waals surface area contributed by atoms with E-state index in [1.165, 1.54) is 23.1 Å². The van der Waals surface area contributed by atoms with Gasteiger partial charge in [-0.1, -0.05) is 0 Å². The molecular formula is C11H18N4O3S. The molecule has 1 aromatic carbocycles. The Morgan fingerprint density at radius 2 is 1.84 bits per heavy atom. The number of nitrogen functional groups attached to an aromatic ring is 1. The van der Waals surface area contributed by atoms with Crippen LogP contribution in [0.4, 0.5) is 11.4 Å². The third kappa shape index (κ3) is 3.83. The molecule has 19 heavy (non-hydrogen) atoms. The molecule has 0 unspecified atom stereocenters. The first-order valence-corrected chi connectivity index (χ1v) is 7.01. The molecule has 0 saturated heterocycles. The number of primary sulfonamides is 1. The van der Waals surface area contributed by atoms with Gasteiger partial charge in [0.25, 0.3) is 0 Å². The van der Waals surface area contributed by atoms with Gasteiger partial charge in [0.15, 0.2) is 0 Å². The van der Waals surface area contributed by atoms with Gasteiger partial charge in [-0.3, -0.25) is 4.79 Å². The fourth-order valence-corrected chi connectivity index (χ4v) is 1.99. The Balaban J connectivity index is 3.09. The fourth-order valence-electron chi connectivity index (χ4n) is 1.46. The molecule has 1 aromatic rings. The molecule has 0 aliphatic rings. The fraction of sp³-hybridized carbons (Fsp3) is 0.364. The Hall–Kier alpha value is -1.80. The predicted molar refractivity (Wildman–Crippen MR) is 74.2 cm³/mol. The molecule has 0 aliphatic heterocycles. The molecule has 106 valence electrons. The van der Waals surface area contributed by atoms with Crippen LogP contribution in [0.5, 0.6) is 0 Å². The van der Waals surface area contributed by atoms with E-state index in [2.05, 4.69) is 0 Å². The van der Waals surface area contributed by atoms with E-state index < -0.39 is 10.0 Å². The van der Waals surface area contributed by atoms with Crippen LogP contribution in [0.25, 0.3) is 0 Å². The van der Waals surface area contributed by atoms with Crippen LogP contribution < -0.4 is 15.8 Å². The molecule has 0 heterocycles. The van der Waals surface area contributed by atoms with Gasteiger partial charge in [0.2, 0.25) is 15.9 Å². The molecule has 0 spiro atoms. The van der Waals surface area contributed by atoms with Crippen LogP contribution in [0.3, 0.4) is 0 Å². The van der Waals surface area contributed by atoms with Crippen LogP contribution in [0.2, 0.25) is 0 Å². The molecule has 8 heteroatoms. The van der Waals surface area contributed by atoms with Gasteiger partial charge in [-0.15, -0.1) is 0 Å². The molecule has 1 rings (SSSR count). The summed E-state index contributed by atoms with van der Waals surface area (Å²) in [6, 6.07) is 4.13. The molecule has 0 saturated carbocycles. The van der Waals surface area contributed by atoms with E-state index in [0.717, 1.165) is 0 Å². The summed E-state index contributed by atoms with van der Waals surface area (Å²) in [5.74, 6) is -0.122. The minimum Gasteiger partial charge on any atom is -0.397 e. The Bertz CT molecular complexity index is 584. The van der Waals surface area contributed by atoms with Gasteiger partial charge in [0.05, 0.1) is 22.8 Å². The highest BCUT2D eigenvalue weighted by Crippen LogP contribution is 2.25. The van der Waals surface area contributed by atoms with Gasteiger partial charge >= 0.3 is 0 Å². The van der Waals surface area contributed by atoms with Crippen molar-refractivity contribution in [1.29, 1.82) is 0 Å². The smallest absolute Gasteiger partial charge is 0.241 e. The largest absolute Gasteiger partial charge is 0.397 e. The number of anilines is 2. The van der Waals surface area contributed by atoms with Crippen LogP contribution in [-0.4, -0.2) is 46.9 Å². The van der Waals surface area contributed by atoms with Crippen molar-refractivity contribution >= 4 is 27.3 Å². The number of carbonyl (C=O) groups excluding carboxylic acids is 1. The quantitative estimate of drug-likeness (QED) is 0.721. The van der Waals surface area contributed by atoms with Crippen LogP contribution in [0.1, 0.15) is 0 Å². The maximum absolute atomic E-state index is 11.6. The van der Waals surface area contributed by atoms with Crippen LogP contribution in [0, 0.1) is 0 Å². The second kappa shape index (κ2) is 5.45. The highest BCUT2D eigenvalue weighted by molar-refractivity contribution is 7.89. The monoisotopic (exact) mass is 286 g/mol. The lowest BCUT2D eigenvalue weighted by molar-refractivity contribution is -0.127. The number of sulfonamides is 1. The van der Waals surface area contributed by atoms with Gasteiger partial charge < -0.3 is 15.5 Å². The number of benzene rings is 1. The van der Waals surface area contributed by atoms with Crippen molar-refractivity contribution in [2.45, 2.75) is 4.90 Å². The number of hydrogen-bond acceptors (Lipinski definition) is 5. The average molecular weight is 286 g/mol. The van der Waals surface area contributed by atoms with Crippen molar-refractivity contribution in [1.82, 2.24) is 4.90 Å². The molecule has 0 fully saturated rings. The number of likely N-dealkylation sites (N-methyl/N-ethyl adjacent to an activating group) is 2. The summed E-state index contributed by atoms with van der Waals surface area (Å²) in [7, 11) is 1.13. The molecule has 1 amide bonds. The van der Waals surface area contributed by atoms with Crippen molar-refractivity contribution in [2.24, 2.45) is 5.14 Å². The Morgan fingerprint density at radius 1 is 1.26 bits per heavy atom. The van der Waals surface area contributed by atoms with E-state index in [1.807, 2.05) is 0 Å². The summed E-state index contributed by atoms with van der Waals surface area (Å²) in [6.45, 7) is 0.0886. The number of hydrogen-bond donors (Lipinski definition) is 2. The summed E-state index contributed by atoms with van der Waals surface area (Å²) >= 11 is 0. The van der Waals surface area contributed by atoms with E-state index in [4.69, 9.17) is 10.9 Å².